The molecule has 0 amide bonds. The van der Waals surface area contributed by atoms with Crippen molar-refractivity contribution >= 4 is 0 Å². The molecule has 2 aromatic rings. The average Bonchev–Trinajstić information content (AvgIpc) is 2.87. The fourth-order valence-corrected chi connectivity index (χ4v) is 2.61. The van der Waals surface area contributed by atoms with Gasteiger partial charge in [0.15, 0.2) is 0 Å². The van der Waals surface area contributed by atoms with Crippen LogP contribution in [0.4, 0.5) is 0 Å². The van der Waals surface area contributed by atoms with Gasteiger partial charge in [0.05, 0.1) is 6.10 Å². The first-order valence-corrected chi connectivity index (χ1v) is 6.91. The van der Waals surface area contributed by atoms with Gasteiger partial charge in [-0.05, 0) is 41.7 Å². The van der Waals surface area contributed by atoms with Gasteiger partial charge in [-0.1, -0.05) is 36.4 Å². The molecule has 0 fully saturated rings. The van der Waals surface area contributed by atoms with Crippen LogP contribution in [0.3, 0.4) is 0 Å². The molecule has 0 bridgehead atoms. The number of hydrogen-bond acceptors (Lipinski definition) is 3. The van der Waals surface area contributed by atoms with E-state index in [1.54, 1.807) is 0 Å². The smallest absolute Gasteiger partial charge is 0.119 e. The third-order valence-corrected chi connectivity index (χ3v) is 3.75. The minimum atomic E-state index is -0.630. The summed E-state index contributed by atoms with van der Waals surface area (Å²) in [6, 6.07) is 15.2. The zero-order chi connectivity index (χ0) is 13.9. The average molecular weight is 270 g/mol. The SMILES string of the molecule is OC(COc1ccc2c(c1)CC[C@@H]2O)c1ccccc1. The van der Waals surface area contributed by atoms with Gasteiger partial charge in [0.25, 0.3) is 0 Å². The Kier molecular flexibility index (Phi) is 3.72. The van der Waals surface area contributed by atoms with Crippen molar-refractivity contribution in [3.63, 3.8) is 0 Å². The van der Waals surface area contributed by atoms with Crippen molar-refractivity contribution in [1.29, 1.82) is 0 Å². The first-order valence-electron chi connectivity index (χ1n) is 6.91. The Bertz CT molecular complexity index is 580. The summed E-state index contributed by atoms with van der Waals surface area (Å²) < 4.78 is 5.65. The molecule has 0 heterocycles. The van der Waals surface area contributed by atoms with E-state index in [-0.39, 0.29) is 12.7 Å². The Morgan fingerprint density at radius 3 is 2.75 bits per heavy atom. The maximum atomic E-state index is 10.1. The van der Waals surface area contributed by atoms with Crippen LogP contribution < -0.4 is 4.74 Å². The number of aryl methyl sites for hydroxylation is 1. The van der Waals surface area contributed by atoms with Crippen LogP contribution in [0.1, 0.15) is 35.3 Å². The normalized spacial score (nSPS) is 18.6. The summed E-state index contributed by atoms with van der Waals surface area (Å²) in [6.07, 6.45) is 0.699. The van der Waals surface area contributed by atoms with E-state index in [4.69, 9.17) is 4.74 Å². The van der Waals surface area contributed by atoms with Gasteiger partial charge in [0.1, 0.15) is 18.5 Å². The van der Waals surface area contributed by atoms with Crippen molar-refractivity contribution in [2.75, 3.05) is 6.61 Å². The molecule has 2 atom stereocenters. The summed E-state index contributed by atoms with van der Waals surface area (Å²) in [5.74, 6) is 0.743. The van der Waals surface area contributed by atoms with Crippen LogP contribution in [0.25, 0.3) is 0 Å². The van der Waals surface area contributed by atoms with E-state index in [0.29, 0.717) is 0 Å². The lowest BCUT2D eigenvalue weighted by Crippen LogP contribution is -2.09. The van der Waals surface area contributed by atoms with Crippen LogP contribution in [0, 0.1) is 0 Å². The summed E-state index contributed by atoms with van der Waals surface area (Å²) >= 11 is 0. The molecule has 3 rings (SSSR count). The van der Waals surface area contributed by atoms with E-state index in [1.165, 1.54) is 0 Å². The Morgan fingerprint density at radius 2 is 1.95 bits per heavy atom. The summed E-state index contributed by atoms with van der Waals surface area (Å²) in [5.41, 5.74) is 2.99. The summed E-state index contributed by atoms with van der Waals surface area (Å²) in [7, 11) is 0. The van der Waals surface area contributed by atoms with E-state index in [9.17, 15) is 10.2 Å². The van der Waals surface area contributed by atoms with Crippen molar-refractivity contribution in [1.82, 2.24) is 0 Å². The standard InChI is InChI=1S/C17H18O3/c18-16-9-6-13-10-14(7-8-15(13)16)20-11-17(19)12-4-2-1-3-5-12/h1-5,7-8,10,16-19H,6,9,11H2/t16-,17?/m0/s1. The molecule has 0 radical (unpaired) electrons. The van der Waals surface area contributed by atoms with Gasteiger partial charge in [-0.2, -0.15) is 0 Å². The number of aliphatic hydroxyl groups is 2. The van der Waals surface area contributed by atoms with Crippen LogP contribution in [0.15, 0.2) is 48.5 Å². The van der Waals surface area contributed by atoms with Crippen LogP contribution in [-0.2, 0) is 6.42 Å². The quantitative estimate of drug-likeness (QED) is 0.898. The molecule has 20 heavy (non-hydrogen) atoms. The lowest BCUT2D eigenvalue weighted by molar-refractivity contribution is 0.108. The highest BCUT2D eigenvalue weighted by Gasteiger charge is 2.20. The van der Waals surface area contributed by atoms with Crippen LogP contribution in [-0.4, -0.2) is 16.8 Å². The third-order valence-electron chi connectivity index (χ3n) is 3.75. The maximum Gasteiger partial charge on any atom is 0.119 e. The van der Waals surface area contributed by atoms with Crippen molar-refractivity contribution < 1.29 is 14.9 Å². The zero-order valence-electron chi connectivity index (χ0n) is 11.2. The minimum Gasteiger partial charge on any atom is -0.491 e. The van der Waals surface area contributed by atoms with Crippen molar-refractivity contribution in [2.45, 2.75) is 25.0 Å². The Labute approximate surface area is 118 Å². The highest BCUT2D eigenvalue weighted by molar-refractivity contribution is 5.39. The molecule has 1 aliphatic rings. The summed E-state index contributed by atoms with van der Waals surface area (Å²) in [5, 5.41) is 19.8. The number of ether oxygens (including phenoxy) is 1. The number of rotatable bonds is 4. The predicted molar refractivity (Wildman–Crippen MR) is 76.6 cm³/mol. The molecule has 2 N–H and O–H groups in total. The molecule has 0 saturated carbocycles. The van der Waals surface area contributed by atoms with E-state index >= 15 is 0 Å². The van der Waals surface area contributed by atoms with Gasteiger partial charge in [0.2, 0.25) is 0 Å². The van der Waals surface area contributed by atoms with E-state index in [2.05, 4.69) is 0 Å². The molecule has 0 aliphatic heterocycles. The molecule has 3 nitrogen and oxygen atoms in total. The second-order valence-electron chi connectivity index (χ2n) is 5.15. The number of aliphatic hydroxyl groups excluding tert-OH is 2. The predicted octanol–water partition coefficient (Wildman–Crippen LogP) is 2.78. The summed E-state index contributed by atoms with van der Waals surface area (Å²) in [4.78, 5) is 0. The van der Waals surface area contributed by atoms with E-state index in [0.717, 1.165) is 35.3 Å². The fourth-order valence-electron chi connectivity index (χ4n) is 2.61. The maximum absolute atomic E-state index is 10.1. The number of benzene rings is 2. The number of fused-ring (bicyclic) bond motifs is 1. The van der Waals surface area contributed by atoms with Gasteiger partial charge < -0.3 is 14.9 Å². The summed E-state index contributed by atoms with van der Waals surface area (Å²) in [6.45, 7) is 0.228. The van der Waals surface area contributed by atoms with Gasteiger partial charge in [-0.15, -0.1) is 0 Å². The molecular formula is C17H18O3. The van der Waals surface area contributed by atoms with Crippen LogP contribution in [0.5, 0.6) is 5.75 Å². The van der Waals surface area contributed by atoms with Gasteiger partial charge in [0, 0.05) is 0 Å². The zero-order valence-corrected chi connectivity index (χ0v) is 11.2. The Hall–Kier alpha value is -1.84. The molecule has 0 saturated heterocycles. The molecule has 104 valence electrons. The number of hydrogen-bond donors (Lipinski definition) is 2. The van der Waals surface area contributed by atoms with Gasteiger partial charge >= 0.3 is 0 Å². The van der Waals surface area contributed by atoms with Gasteiger partial charge in [-0.3, -0.25) is 0 Å². The van der Waals surface area contributed by atoms with E-state index < -0.39 is 6.10 Å². The molecule has 0 aromatic heterocycles. The highest BCUT2D eigenvalue weighted by Crippen LogP contribution is 2.33. The monoisotopic (exact) mass is 270 g/mol. The van der Waals surface area contributed by atoms with E-state index in [1.807, 2.05) is 48.5 Å². The molecule has 0 spiro atoms. The molecular weight excluding hydrogens is 252 g/mol. The Balaban J connectivity index is 1.64. The second-order valence-corrected chi connectivity index (χ2v) is 5.15. The van der Waals surface area contributed by atoms with Crippen LogP contribution in [0.2, 0.25) is 0 Å². The first kappa shape index (κ1) is 13.2. The fraction of sp³-hybridized carbons (Fsp3) is 0.294. The second kappa shape index (κ2) is 5.65. The Morgan fingerprint density at radius 1 is 1.15 bits per heavy atom. The third kappa shape index (κ3) is 2.69. The van der Waals surface area contributed by atoms with Crippen LogP contribution >= 0.6 is 0 Å². The van der Waals surface area contributed by atoms with Gasteiger partial charge in [-0.25, -0.2) is 0 Å². The highest BCUT2D eigenvalue weighted by atomic mass is 16.5. The van der Waals surface area contributed by atoms with Crippen molar-refractivity contribution in [3.8, 4) is 5.75 Å². The lowest BCUT2D eigenvalue weighted by atomic mass is 10.1. The van der Waals surface area contributed by atoms with Crippen molar-refractivity contribution in [3.05, 3.63) is 65.2 Å². The lowest BCUT2D eigenvalue weighted by Gasteiger charge is -2.13. The first-order chi connectivity index (χ1) is 9.74. The topological polar surface area (TPSA) is 49.7 Å². The molecule has 3 heteroatoms. The molecule has 1 aliphatic carbocycles. The molecule has 1 unspecified atom stereocenters. The minimum absolute atomic E-state index is 0.228. The molecule has 2 aromatic carbocycles. The largest absolute Gasteiger partial charge is 0.491 e. The van der Waals surface area contributed by atoms with Crippen molar-refractivity contribution in [2.24, 2.45) is 0 Å².